The van der Waals surface area contributed by atoms with Crippen LogP contribution in [0.1, 0.15) is 16.7 Å². The Morgan fingerprint density at radius 2 is 1.88 bits per heavy atom. The Balaban J connectivity index is 2.98. The average Bonchev–Trinajstić information content (AvgIpc) is 2.28. The van der Waals surface area contributed by atoms with E-state index in [1.807, 2.05) is 19.1 Å². The molecule has 0 aliphatic heterocycles. The lowest BCUT2D eigenvalue weighted by Gasteiger charge is -2.04. The molecule has 2 nitrogen and oxygen atoms in total. The zero-order chi connectivity index (χ0) is 11.7. The van der Waals surface area contributed by atoms with E-state index < -0.39 is 5.82 Å². The summed E-state index contributed by atoms with van der Waals surface area (Å²) in [6, 6.07) is 10.4. The molecule has 76 valence electrons. The summed E-state index contributed by atoms with van der Waals surface area (Å²) in [5, 5.41) is 18.9. The van der Waals surface area contributed by atoms with Crippen LogP contribution in [0, 0.1) is 35.4 Å². The Hall–Kier alpha value is -2.39. The van der Waals surface area contributed by atoms with Gasteiger partial charge in [0.15, 0.2) is 5.82 Å². The third-order valence-electron chi connectivity index (χ3n) is 2.46. The second-order valence-corrected chi connectivity index (χ2v) is 3.56. The van der Waals surface area contributed by atoms with Crippen molar-refractivity contribution < 1.29 is 4.39 Å². The standard InChI is InChI=1S/C13H7FN2/c1-8-2-3-11-9(4-8)5-10(6-15)13(14)12(11)7-16/h2-5H,1H3. The first-order valence-corrected chi connectivity index (χ1v) is 4.70. The lowest BCUT2D eigenvalue weighted by molar-refractivity contribution is 0.622. The van der Waals surface area contributed by atoms with E-state index in [9.17, 15) is 4.39 Å². The van der Waals surface area contributed by atoms with Gasteiger partial charge >= 0.3 is 0 Å². The number of fused-ring (bicyclic) bond motifs is 1. The third-order valence-corrected chi connectivity index (χ3v) is 2.46. The van der Waals surface area contributed by atoms with Gasteiger partial charge in [0.25, 0.3) is 0 Å². The molecule has 0 aliphatic rings. The summed E-state index contributed by atoms with van der Waals surface area (Å²) in [4.78, 5) is 0. The van der Waals surface area contributed by atoms with Crippen molar-refractivity contribution in [1.29, 1.82) is 10.5 Å². The summed E-state index contributed by atoms with van der Waals surface area (Å²) in [6.07, 6.45) is 0. The van der Waals surface area contributed by atoms with Crippen LogP contribution < -0.4 is 0 Å². The van der Waals surface area contributed by atoms with E-state index in [1.54, 1.807) is 18.2 Å². The van der Waals surface area contributed by atoms with Crippen molar-refractivity contribution in [2.75, 3.05) is 0 Å². The van der Waals surface area contributed by atoms with Gasteiger partial charge in [0.2, 0.25) is 0 Å². The molecular weight excluding hydrogens is 203 g/mol. The molecule has 0 fully saturated rings. The lowest BCUT2D eigenvalue weighted by Crippen LogP contribution is -1.92. The van der Waals surface area contributed by atoms with Crippen LogP contribution in [-0.4, -0.2) is 0 Å². The highest BCUT2D eigenvalue weighted by molar-refractivity contribution is 5.90. The topological polar surface area (TPSA) is 47.6 Å². The maximum atomic E-state index is 13.7. The van der Waals surface area contributed by atoms with E-state index in [-0.39, 0.29) is 11.1 Å². The van der Waals surface area contributed by atoms with Crippen molar-refractivity contribution in [3.05, 3.63) is 46.8 Å². The maximum absolute atomic E-state index is 13.7. The summed E-state index contributed by atoms with van der Waals surface area (Å²) in [5.41, 5.74) is 0.857. The maximum Gasteiger partial charge on any atom is 0.159 e. The van der Waals surface area contributed by atoms with E-state index in [4.69, 9.17) is 10.5 Å². The van der Waals surface area contributed by atoms with Gasteiger partial charge < -0.3 is 0 Å². The number of benzene rings is 2. The van der Waals surface area contributed by atoms with Gasteiger partial charge in [-0.1, -0.05) is 23.8 Å². The fraction of sp³-hybridized carbons (Fsp3) is 0.0769. The molecule has 0 radical (unpaired) electrons. The van der Waals surface area contributed by atoms with Crippen molar-refractivity contribution in [3.63, 3.8) is 0 Å². The summed E-state index contributed by atoms with van der Waals surface area (Å²) >= 11 is 0. The molecule has 0 saturated heterocycles. The Morgan fingerprint density at radius 3 is 2.50 bits per heavy atom. The summed E-state index contributed by atoms with van der Waals surface area (Å²) in [6.45, 7) is 1.90. The van der Waals surface area contributed by atoms with Gasteiger partial charge in [-0.25, -0.2) is 4.39 Å². The largest absolute Gasteiger partial charge is 0.204 e. The molecule has 0 atom stereocenters. The van der Waals surface area contributed by atoms with Crippen LogP contribution in [0.2, 0.25) is 0 Å². The minimum atomic E-state index is -0.735. The lowest BCUT2D eigenvalue weighted by atomic mass is 9.99. The molecule has 2 rings (SSSR count). The second-order valence-electron chi connectivity index (χ2n) is 3.56. The number of halogens is 1. The smallest absolute Gasteiger partial charge is 0.159 e. The minimum absolute atomic E-state index is 0.0611. The zero-order valence-electron chi connectivity index (χ0n) is 8.58. The fourth-order valence-corrected chi connectivity index (χ4v) is 1.69. The van der Waals surface area contributed by atoms with Crippen LogP contribution in [-0.2, 0) is 0 Å². The van der Waals surface area contributed by atoms with Crippen molar-refractivity contribution in [3.8, 4) is 12.1 Å². The van der Waals surface area contributed by atoms with E-state index in [0.29, 0.717) is 5.39 Å². The van der Waals surface area contributed by atoms with Gasteiger partial charge in [0.1, 0.15) is 12.1 Å². The van der Waals surface area contributed by atoms with Crippen molar-refractivity contribution in [2.24, 2.45) is 0 Å². The molecule has 3 heteroatoms. The van der Waals surface area contributed by atoms with Crippen molar-refractivity contribution in [2.45, 2.75) is 6.92 Å². The molecule has 0 N–H and O–H groups in total. The van der Waals surface area contributed by atoms with E-state index in [1.165, 1.54) is 6.07 Å². The first-order chi connectivity index (χ1) is 7.67. The molecule has 0 amide bonds. The predicted molar refractivity (Wildman–Crippen MR) is 58.1 cm³/mol. The Kier molecular flexibility index (Phi) is 2.31. The monoisotopic (exact) mass is 210 g/mol. The normalized spacial score (nSPS) is 9.75. The van der Waals surface area contributed by atoms with Gasteiger partial charge in [-0.2, -0.15) is 10.5 Å². The number of hydrogen-bond acceptors (Lipinski definition) is 2. The quantitative estimate of drug-likeness (QED) is 0.671. The number of rotatable bonds is 0. The number of aryl methyl sites for hydroxylation is 1. The first kappa shape index (κ1) is 10.1. The first-order valence-electron chi connectivity index (χ1n) is 4.70. The molecule has 0 spiro atoms. The van der Waals surface area contributed by atoms with E-state index in [0.717, 1.165) is 10.9 Å². The molecule has 0 saturated carbocycles. The van der Waals surface area contributed by atoms with Crippen LogP contribution in [0.15, 0.2) is 24.3 Å². The summed E-state index contributed by atoms with van der Waals surface area (Å²) in [5.74, 6) is -0.735. The zero-order valence-corrected chi connectivity index (χ0v) is 8.58. The molecule has 2 aromatic rings. The van der Waals surface area contributed by atoms with Gasteiger partial charge in [-0.15, -0.1) is 0 Å². The van der Waals surface area contributed by atoms with Gasteiger partial charge in [-0.3, -0.25) is 0 Å². The minimum Gasteiger partial charge on any atom is -0.204 e. The number of hydrogen-bond donors (Lipinski definition) is 0. The van der Waals surface area contributed by atoms with Crippen molar-refractivity contribution >= 4 is 10.8 Å². The number of nitrogens with zero attached hydrogens (tertiary/aromatic N) is 2. The Morgan fingerprint density at radius 1 is 1.12 bits per heavy atom. The summed E-state index contributed by atoms with van der Waals surface area (Å²) in [7, 11) is 0. The predicted octanol–water partition coefficient (Wildman–Crippen LogP) is 3.03. The molecule has 0 unspecified atom stereocenters. The van der Waals surface area contributed by atoms with Gasteiger partial charge in [-0.05, 0) is 18.4 Å². The molecule has 0 aliphatic carbocycles. The molecular formula is C13H7FN2. The highest BCUT2D eigenvalue weighted by Crippen LogP contribution is 2.25. The fourth-order valence-electron chi connectivity index (χ4n) is 1.69. The highest BCUT2D eigenvalue weighted by Gasteiger charge is 2.12. The number of nitriles is 2. The Labute approximate surface area is 92.2 Å². The molecule has 0 heterocycles. The van der Waals surface area contributed by atoms with Crippen LogP contribution in [0.4, 0.5) is 4.39 Å². The second kappa shape index (κ2) is 3.64. The van der Waals surface area contributed by atoms with Gasteiger partial charge in [0.05, 0.1) is 11.1 Å². The van der Waals surface area contributed by atoms with Crippen LogP contribution >= 0.6 is 0 Å². The SMILES string of the molecule is Cc1ccc2c(C#N)c(F)c(C#N)cc2c1. The van der Waals surface area contributed by atoms with Gasteiger partial charge in [0, 0.05) is 5.39 Å². The Bertz CT molecular complexity index is 660. The summed E-state index contributed by atoms with van der Waals surface area (Å²) < 4.78 is 13.7. The van der Waals surface area contributed by atoms with Crippen molar-refractivity contribution in [1.82, 2.24) is 0 Å². The van der Waals surface area contributed by atoms with E-state index in [2.05, 4.69) is 0 Å². The van der Waals surface area contributed by atoms with Crippen LogP contribution in [0.5, 0.6) is 0 Å². The molecule has 16 heavy (non-hydrogen) atoms. The molecule has 0 bridgehead atoms. The average molecular weight is 210 g/mol. The molecule has 0 aromatic heterocycles. The highest BCUT2D eigenvalue weighted by atomic mass is 19.1. The van der Waals surface area contributed by atoms with E-state index >= 15 is 0 Å². The van der Waals surface area contributed by atoms with Crippen LogP contribution in [0.25, 0.3) is 10.8 Å². The third kappa shape index (κ3) is 1.39. The van der Waals surface area contributed by atoms with Crippen LogP contribution in [0.3, 0.4) is 0 Å². The molecule has 2 aromatic carbocycles.